The fraction of sp³-hybridized carbons (Fsp3) is 0.105. The van der Waals surface area contributed by atoms with Gasteiger partial charge in [-0.1, -0.05) is 35.9 Å². The van der Waals surface area contributed by atoms with Crippen LogP contribution in [0.5, 0.6) is 11.5 Å². The van der Waals surface area contributed by atoms with Crippen LogP contribution in [0.3, 0.4) is 0 Å². The zero-order chi connectivity index (χ0) is 17.1. The summed E-state index contributed by atoms with van der Waals surface area (Å²) in [5, 5.41) is 0.0694. The number of carbonyl (C=O) groups is 1. The molecule has 2 aromatic carbocycles. The van der Waals surface area contributed by atoms with Gasteiger partial charge in [0, 0.05) is 0 Å². The van der Waals surface area contributed by atoms with Crippen molar-refractivity contribution in [2.24, 2.45) is 0 Å². The first kappa shape index (κ1) is 16.1. The van der Waals surface area contributed by atoms with E-state index in [1.54, 1.807) is 32.4 Å². The highest BCUT2D eigenvalue weighted by Crippen LogP contribution is 2.38. The van der Waals surface area contributed by atoms with Crippen LogP contribution in [0.15, 0.2) is 59.3 Å². The Bertz CT molecular complexity index is 817. The van der Waals surface area contributed by atoms with E-state index in [9.17, 15) is 4.79 Å². The van der Waals surface area contributed by atoms with Crippen molar-refractivity contribution in [1.82, 2.24) is 0 Å². The second-order valence-corrected chi connectivity index (χ2v) is 5.47. The van der Waals surface area contributed by atoms with E-state index in [4.69, 9.17) is 25.8 Å². The van der Waals surface area contributed by atoms with Crippen LogP contribution in [0, 0.1) is 0 Å². The van der Waals surface area contributed by atoms with E-state index in [-0.39, 0.29) is 5.03 Å². The number of esters is 1. The summed E-state index contributed by atoms with van der Waals surface area (Å²) in [6, 6.07) is 14.7. The predicted molar refractivity (Wildman–Crippen MR) is 92.8 cm³/mol. The van der Waals surface area contributed by atoms with Crippen molar-refractivity contribution in [1.29, 1.82) is 0 Å². The van der Waals surface area contributed by atoms with Gasteiger partial charge in [0.2, 0.25) is 0 Å². The lowest BCUT2D eigenvalue weighted by Gasteiger charge is -2.07. The van der Waals surface area contributed by atoms with E-state index in [1.165, 1.54) is 0 Å². The van der Waals surface area contributed by atoms with Gasteiger partial charge in [-0.25, -0.2) is 4.79 Å². The SMILES string of the molecule is COc1ccc(/C=C2\OC(=O)C(Cl)=C2c2ccc(OC)cc2)cc1. The molecule has 5 heteroatoms. The summed E-state index contributed by atoms with van der Waals surface area (Å²) in [5.41, 5.74) is 2.22. The lowest BCUT2D eigenvalue weighted by atomic mass is 10.0. The molecule has 3 rings (SSSR count). The molecule has 0 bridgehead atoms. The Kier molecular flexibility index (Phi) is 4.58. The molecule has 24 heavy (non-hydrogen) atoms. The van der Waals surface area contributed by atoms with Gasteiger partial charge in [0.25, 0.3) is 0 Å². The van der Waals surface area contributed by atoms with Crippen LogP contribution in [0.2, 0.25) is 0 Å². The molecular weight excluding hydrogens is 328 g/mol. The van der Waals surface area contributed by atoms with Gasteiger partial charge in [0.05, 0.1) is 19.8 Å². The fourth-order valence-corrected chi connectivity index (χ4v) is 2.63. The van der Waals surface area contributed by atoms with Gasteiger partial charge < -0.3 is 14.2 Å². The Labute approximate surface area is 144 Å². The molecule has 0 aliphatic carbocycles. The van der Waals surface area contributed by atoms with Crippen molar-refractivity contribution >= 4 is 29.2 Å². The molecule has 0 saturated carbocycles. The minimum Gasteiger partial charge on any atom is -0.497 e. The minimum atomic E-state index is -0.553. The van der Waals surface area contributed by atoms with Gasteiger partial charge in [-0.15, -0.1) is 0 Å². The van der Waals surface area contributed by atoms with E-state index < -0.39 is 5.97 Å². The van der Waals surface area contributed by atoms with Gasteiger partial charge in [0.15, 0.2) is 0 Å². The number of ether oxygens (including phenoxy) is 3. The molecular formula is C19H15ClO4. The first-order valence-corrected chi connectivity index (χ1v) is 7.62. The first-order chi connectivity index (χ1) is 11.6. The van der Waals surface area contributed by atoms with Crippen LogP contribution >= 0.6 is 11.6 Å². The van der Waals surface area contributed by atoms with E-state index in [0.29, 0.717) is 11.3 Å². The average molecular weight is 343 g/mol. The van der Waals surface area contributed by atoms with Gasteiger partial charge in [-0.3, -0.25) is 0 Å². The molecule has 0 aromatic heterocycles. The van der Waals surface area contributed by atoms with Crippen LogP contribution in [0.25, 0.3) is 11.6 Å². The molecule has 2 aromatic rings. The number of benzene rings is 2. The molecule has 1 aliphatic rings. The van der Waals surface area contributed by atoms with Crippen molar-refractivity contribution in [3.8, 4) is 11.5 Å². The maximum absolute atomic E-state index is 11.9. The molecule has 122 valence electrons. The molecule has 0 atom stereocenters. The van der Waals surface area contributed by atoms with Gasteiger partial charge >= 0.3 is 5.97 Å². The van der Waals surface area contributed by atoms with Crippen LogP contribution in [0.4, 0.5) is 0 Å². The number of hydrogen-bond donors (Lipinski definition) is 0. The summed E-state index contributed by atoms with van der Waals surface area (Å²) in [6.07, 6.45) is 1.77. The molecule has 4 nitrogen and oxygen atoms in total. The number of hydrogen-bond acceptors (Lipinski definition) is 4. The Morgan fingerprint density at radius 1 is 0.917 bits per heavy atom. The van der Waals surface area contributed by atoms with Crippen molar-refractivity contribution in [3.63, 3.8) is 0 Å². The molecule has 0 spiro atoms. The summed E-state index contributed by atoms with van der Waals surface area (Å²) in [4.78, 5) is 11.9. The number of rotatable bonds is 4. The summed E-state index contributed by atoms with van der Waals surface area (Å²) in [5.74, 6) is 1.34. The smallest absolute Gasteiger partial charge is 0.355 e. The van der Waals surface area contributed by atoms with E-state index >= 15 is 0 Å². The third-order valence-electron chi connectivity index (χ3n) is 3.64. The topological polar surface area (TPSA) is 44.8 Å². The number of methoxy groups -OCH3 is 2. The van der Waals surface area contributed by atoms with Crippen molar-refractivity contribution in [2.75, 3.05) is 14.2 Å². The van der Waals surface area contributed by atoms with Crippen molar-refractivity contribution < 1.29 is 19.0 Å². The Morgan fingerprint density at radius 3 is 2.00 bits per heavy atom. The maximum Gasteiger partial charge on any atom is 0.355 e. The Hall–Kier alpha value is -2.72. The quantitative estimate of drug-likeness (QED) is 0.779. The summed E-state index contributed by atoms with van der Waals surface area (Å²) >= 11 is 6.16. The standard InChI is InChI=1S/C19H15ClO4/c1-22-14-7-3-12(4-8-14)11-16-17(18(20)19(21)24-16)13-5-9-15(23-2)10-6-13/h3-11H,1-2H3/b16-11-. The largest absolute Gasteiger partial charge is 0.497 e. The molecule has 0 radical (unpaired) electrons. The molecule has 0 fully saturated rings. The Morgan fingerprint density at radius 2 is 1.46 bits per heavy atom. The van der Waals surface area contributed by atoms with E-state index in [2.05, 4.69) is 0 Å². The van der Waals surface area contributed by atoms with Crippen molar-refractivity contribution in [2.45, 2.75) is 0 Å². The Balaban J connectivity index is 1.99. The third kappa shape index (κ3) is 3.14. The highest BCUT2D eigenvalue weighted by Gasteiger charge is 2.29. The maximum atomic E-state index is 11.9. The molecule has 0 amide bonds. The number of cyclic esters (lactones) is 1. The highest BCUT2D eigenvalue weighted by atomic mass is 35.5. The van der Waals surface area contributed by atoms with Gasteiger partial charge in [-0.2, -0.15) is 0 Å². The average Bonchev–Trinajstić information content (AvgIpc) is 2.89. The number of carbonyl (C=O) groups excluding carboxylic acids is 1. The van der Waals surface area contributed by atoms with Crippen LogP contribution < -0.4 is 9.47 Å². The zero-order valence-corrected chi connectivity index (χ0v) is 14.0. The molecule has 0 unspecified atom stereocenters. The number of allylic oxidation sites excluding steroid dienone is 1. The monoisotopic (exact) mass is 342 g/mol. The normalized spacial score (nSPS) is 15.6. The summed E-state index contributed by atoms with van der Waals surface area (Å²) < 4.78 is 15.6. The second-order valence-electron chi connectivity index (χ2n) is 5.09. The number of halogens is 1. The fourth-order valence-electron chi connectivity index (χ4n) is 2.39. The predicted octanol–water partition coefficient (Wildman–Crippen LogP) is 4.25. The molecule has 1 heterocycles. The first-order valence-electron chi connectivity index (χ1n) is 7.25. The summed E-state index contributed by atoms with van der Waals surface area (Å²) in [7, 11) is 3.20. The van der Waals surface area contributed by atoms with Gasteiger partial charge in [0.1, 0.15) is 22.3 Å². The van der Waals surface area contributed by atoms with Gasteiger partial charge in [-0.05, 0) is 41.5 Å². The third-order valence-corrected chi connectivity index (χ3v) is 3.98. The molecule has 0 N–H and O–H groups in total. The lowest BCUT2D eigenvalue weighted by Crippen LogP contribution is -1.93. The van der Waals surface area contributed by atoms with Crippen LogP contribution in [-0.4, -0.2) is 20.2 Å². The molecule has 1 aliphatic heterocycles. The van der Waals surface area contributed by atoms with Crippen LogP contribution in [0.1, 0.15) is 11.1 Å². The van der Waals surface area contributed by atoms with E-state index in [1.807, 2.05) is 36.4 Å². The minimum absolute atomic E-state index is 0.0694. The lowest BCUT2D eigenvalue weighted by molar-refractivity contribution is -0.132. The zero-order valence-electron chi connectivity index (χ0n) is 13.2. The highest BCUT2D eigenvalue weighted by molar-refractivity contribution is 6.46. The summed E-state index contributed by atoms with van der Waals surface area (Å²) in [6.45, 7) is 0. The molecule has 0 saturated heterocycles. The van der Waals surface area contributed by atoms with Crippen molar-refractivity contribution in [3.05, 3.63) is 70.4 Å². The van der Waals surface area contributed by atoms with E-state index in [0.717, 1.165) is 22.6 Å². The van der Waals surface area contributed by atoms with Crippen LogP contribution in [-0.2, 0) is 9.53 Å². The second kappa shape index (κ2) is 6.81.